The number of nitrogens with one attached hydrogen (secondary N) is 1. The molecular formula is C28H28N4O3. The van der Waals surface area contributed by atoms with Gasteiger partial charge in [0.15, 0.2) is 0 Å². The van der Waals surface area contributed by atoms with E-state index in [0.29, 0.717) is 11.1 Å². The first-order valence-electron chi connectivity index (χ1n) is 11.3. The predicted octanol–water partition coefficient (Wildman–Crippen LogP) is 5.05. The maximum Gasteiger partial charge on any atom is 0.337 e. The van der Waals surface area contributed by atoms with Crippen LogP contribution in [0.5, 0.6) is 0 Å². The normalized spacial score (nSPS) is 11.1. The lowest BCUT2D eigenvalue weighted by atomic mass is 10.2. The van der Waals surface area contributed by atoms with E-state index in [1.165, 1.54) is 7.11 Å². The van der Waals surface area contributed by atoms with E-state index in [9.17, 15) is 9.59 Å². The summed E-state index contributed by atoms with van der Waals surface area (Å²) < 4.78 is 8.96. The molecule has 7 nitrogen and oxygen atoms in total. The number of rotatable bonds is 6. The molecule has 2 aromatic heterocycles. The van der Waals surface area contributed by atoms with Crippen molar-refractivity contribution in [2.75, 3.05) is 7.11 Å². The van der Waals surface area contributed by atoms with Crippen LogP contribution >= 0.6 is 0 Å². The van der Waals surface area contributed by atoms with Crippen LogP contribution in [-0.4, -0.2) is 34.3 Å². The second-order valence-corrected chi connectivity index (χ2v) is 8.40. The number of esters is 1. The number of aromatic nitrogens is 2. The monoisotopic (exact) mass is 468 g/mol. The molecule has 7 heteroatoms. The van der Waals surface area contributed by atoms with E-state index in [-0.39, 0.29) is 11.9 Å². The minimum absolute atomic E-state index is 0.277. The lowest BCUT2D eigenvalue weighted by molar-refractivity contribution is 0.0600. The van der Waals surface area contributed by atoms with Crippen molar-refractivity contribution in [3.63, 3.8) is 0 Å². The number of hydrogen-bond acceptors (Lipinski definition) is 4. The van der Waals surface area contributed by atoms with Crippen LogP contribution in [0.25, 0.3) is 11.4 Å². The molecule has 1 N–H and O–H groups in total. The average molecular weight is 469 g/mol. The SMILES string of the molecule is COC(=O)c1ccc(-n2c(C)cc(C=NNC(=O)c3ccc(-n4c(C)ccc4C)cc3)c2C)cc1. The zero-order valence-electron chi connectivity index (χ0n) is 20.5. The summed E-state index contributed by atoms with van der Waals surface area (Å²) >= 11 is 0. The third kappa shape index (κ3) is 4.80. The number of ether oxygens (including phenoxy) is 1. The molecule has 2 heterocycles. The Balaban J connectivity index is 1.46. The molecule has 0 aliphatic heterocycles. The molecule has 0 aliphatic carbocycles. The van der Waals surface area contributed by atoms with Gasteiger partial charge in [0.1, 0.15) is 0 Å². The van der Waals surface area contributed by atoms with E-state index >= 15 is 0 Å². The van der Waals surface area contributed by atoms with Gasteiger partial charge in [0, 0.05) is 45.3 Å². The molecule has 0 saturated heterocycles. The average Bonchev–Trinajstić information content (AvgIpc) is 3.35. The molecular weight excluding hydrogens is 440 g/mol. The molecule has 0 fully saturated rings. The van der Waals surface area contributed by atoms with Gasteiger partial charge in [-0.05, 0) is 94.4 Å². The molecule has 0 atom stereocenters. The quantitative estimate of drug-likeness (QED) is 0.244. The van der Waals surface area contributed by atoms with Crippen molar-refractivity contribution in [3.8, 4) is 11.4 Å². The summed E-state index contributed by atoms with van der Waals surface area (Å²) in [6.45, 7) is 8.08. The Morgan fingerprint density at radius 3 is 1.89 bits per heavy atom. The van der Waals surface area contributed by atoms with Crippen molar-refractivity contribution in [3.05, 3.63) is 106 Å². The summed E-state index contributed by atoms with van der Waals surface area (Å²) in [4.78, 5) is 24.3. The van der Waals surface area contributed by atoms with Crippen molar-refractivity contribution in [1.29, 1.82) is 0 Å². The van der Waals surface area contributed by atoms with Gasteiger partial charge < -0.3 is 13.9 Å². The highest BCUT2D eigenvalue weighted by atomic mass is 16.5. The smallest absolute Gasteiger partial charge is 0.337 e. The Labute approximate surface area is 204 Å². The minimum Gasteiger partial charge on any atom is -0.465 e. The fraction of sp³-hybridized carbons (Fsp3) is 0.179. The van der Waals surface area contributed by atoms with Crippen LogP contribution in [-0.2, 0) is 4.74 Å². The van der Waals surface area contributed by atoms with Gasteiger partial charge in [-0.2, -0.15) is 5.10 Å². The largest absolute Gasteiger partial charge is 0.465 e. The minimum atomic E-state index is -0.370. The predicted molar refractivity (Wildman–Crippen MR) is 137 cm³/mol. The Morgan fingerprint density at radius 2 is 1.31 bits per heavy atom. The molecule has 0 radical (unpaired) electrons. The number of carbonyl (C=O) groups is 2. The first-order chi connectivity index (χ1) is 16.8. The molecule has 0 saturated carbocycles. The molecule has 0 spiro atoms. The molecule has 2 aromatic carbocycles. The van der Waals surface area contributed by atoms with E-state index < -0.39 is 0 Å². The number of amides is 1. The van der Waals surface area contributed by atoms with Crippen molar-refractivity contribution in [1.82, 2.24) is 14.6 Å². The highest BCUT2D eigenvalue weighted by Gasteiger charge is 2.12. The van der Waals surface area contributed by atoms with Gasteiger partial charge in [-0.1, -0.05) is 0 Å². The first kappa shape index (κ1) is 23.8. The van der Waals surface area contributed by atoms with Crippen LogP contribution in [0.1, 0.15) is 49.1 Å². The molecule has 4 rings (SSSR count). The second kappa shape index (κ2) is 9.85. The Morgan fingerprint density at radius 1 is 0.771 bits per heavy atom. The van der Waals surface area contributed by atoms with Crippen LogP contribution in [0.4, 0.5) is 0 Å². The van der Waals surface area contributed by atoms with Crippen LogP contribution in [0, 0.1) is 27.7 Å². The summed E-state index contributed by atoms with van der Waals surface area (Å²) in [6, 6.07) is 20.8. The van der Waals surface area contributed by atoms with Gasteiger partial charge in [0.05, 0.1) is 18.9 Å². The second-order valence-electron chi connectivity index (χ2n) is 8.40. The number of benzene rings is 2. The summed E-state index contributed by atoms with van der Waals surface area (Å²) in [5.74, 6) is -0.647. The van der Waals surface area contributed by atoms with Gasteiger partial charge >= 0.3 is 5.97 Å². The van der Waals surface area contributed by atoms with Gasteiger partial charge in [-0.15, -0.1) is 0 Å². The molecule has 0 aliphatic rings. The summed E-state index contributed by atoms with van der Waals surface area (Å²) in [5.41, 5.74) is 10.7. The fourth-order valence-corrected chi connectivity index (χ4v) is 4.24. The van der Waals surface area contributed by atoms with Crippen LogP contribution in [0.2, 0.25) is 0 Å². The number of carbonyl (C=O) groups excluding carboxylic acids is 2. The Bertz CT molecular complexity index is 1390. The highest BCUT2D eigenvalue weighted by molar-refractivity contribution is 5.95. The first-order valence-corrected chi connectivity index (χ1v) is 11.3. The third-order valence-electron chi connectivity index (χ3n) is 6.05. The van der Waals surface area contributed by atoms with E-state index in [4.69, 9.17) is 4.74 Å². The van der Waals surface area contributed by atoms with E-state index in [1.54, 1.807) is 30.5 Å². The van der Waals surface area contributed by atoms with Gasteiger partial charge in [-0.25, -0.2) is 10.2 Å². The number of methoxy groups -OCH3 is 1. The van der Waals surface area contributed by atoms with Gasteiger partial charge in [-0.3, -0.25) is 4.79 Å². The summed E-state index contributed by atoms with van der Waals surface area (Å²) in [6.07, 6.45) is 1.64. The Kier molecular flexibility index (Phi) is 6.68. The molecule has 0 unspecified atom stereocenters. The number of aryl methyl sites for hydroxylation is 3. The lowest BCUT2D eigenvalue weighted by Crippen LogP contribution is -2.17. The number of hydrazone groups is 1. The molecule has 178 valence electrons. The van der Waals surface area contributed by atoms with Crippen LogP contribution < -0.4 is 5.43 Å². The Hall–Kier alpha value is -4.39. The van der Waals surface area contributed by atoms with Crippen molar-refractivity contribution in [2.45, 2.75) is 27.7 Å². The maximum absolute atomic E-state index is 12.6. The lowest BCUT2D eigenvalue weighted by Gasteiger charge is -2.10. The molecule has 1 amide bonds. The van der Waals surface area contributed by atoms with Gasteiger partial charge in [0.2, 0.25) is 0 Å². The molecule has 35 heavy (non-hydrogen) atoms. The summed E-state index contributed by atoms with van der Waals surface area (Å²) in [5, 5.41) is 4.17. The third-order valence-corrected chi connectivity index (χ3v) is 6.05. The number of nitrogens with zero attached hydrogens (tertiary/aromatic N) is 3. The standard InChI is InChI=1S/C28H28N4O3/c1-18-6-7-19(2)31(18)25-12-8-22(9-13-25)27(33)30-29-17-24-16-20(3)32(21(24)4)26-14-10-23(11-15-26)28(34)35-5/h6-17H,1-5H3,(H,30,33). The fourth-order valence-electron chi connectivity index (χ4n) is 4.24. The van der Waals surface area contributed by atoms with Crippen LogP contribution in [0.15, 0.2) is 71.8 Å². The molecule has 4 aromatic rings. The maximum atomic E-state index is 12.6. The van der Waals surface area contributed by atoms with Crippen molar-refractivity contribution < 1.29 is 14.3 Å². The zero-order valence-corrected chi connectivity index (χ0v) is 20.5. The number of hydrogen-bond donors (Lipinski definition) is 1. The van der Waals surface area contributed by atoms with E-state index in [1.807, 2.05) is 44.2 Å². The highest BCUT2D eigenvalue weighted by Crippen LogP contribution is 2.21. The summed E-state index contributed by atoms with van der Waals surface area (Å²) in [7, 11) is 1.36. The molecule has 0 bridgehead atoms. The van der Waals surface area contributed by atoms with Crippen molar-refractivity contribution >= 4 is 18.1 Å². The van der Waals surface area contributed by atoms with Crippen molar-refractivity contribution in [2.24, 2.45) is 5.10 Å². The van der Waals surface area contributed by atoms with E-state index in [2.05, 4.69) is 45.6 Å². The van der Waals surface area contributed by atoms with Crippen LogP contribution in [0.3, 0.4) is 0 Å². The van der Waals surface area contributed by atoms with Gasteiger partial charge in [0.25, 0.3) is 5.91 Å². The zero-order chi connectivity index (χ0) is 25.1. The topological polar surface area (TPSA) is 77.6 Å². The van der Waals surface area contributed by atoms with E-state index in [0.717, 1.165) is 39.7 Å².